The Bertz CT molecular complexity index is 295. The Morgan fingerprint density at radius 3 is 2.47 bits per heavy atom. The number of thiazole rings is 1. The fourth-order valence-corrected chi connectivity index (χ4v) is 3.37. The number of nitrogens with zero attached hydrogens (tertiary/aromatic N) is 1. The van der Waals surface area contributed by atoms with Crippen molar-refractivity contribution in [2.75, 3.05) is 11.8 Å². The van der Waals surface area contributed by atoms with Crippen LogP contribution in [0.2, 0.25) is 0 Å². The van der Waals surface area contributed by atoms with Gasteiger partial charge in [-0.05, 0) is 13.3 Å². The lowest BCUT2D eigenvalue weighted by Crippen LogP contribution is -2.27. The quantitative estimate of drug-likeness (QED) is 0.701. The van der Waals surface area contributed by atoms with Gasteiger partial charge in [-0.3, -0.25) is 0 Å². The van der Waals surface area contributed by atoms with E-state index in [0.29, 0.717) is 11.8 Å². The lowest BCUT2D eigenvalue weighted by Gasteiger charge is -2.28. The van der Waals surface area contributed by atoms with Crippen molar-refractivity contribution in [3.8, 4) is 0 Å². The van der Waals surface area contributed by atoms with Gasteiger partial charge in [0.1, 0.15) is 0 Å². The summed E-state index contributed by atoms with van der Waals surface area (Å²) >= 11 is 13.8. The SMILES string of the molecule is CCCC(CCl)(CCl)Cc1nc(C)cs1. The summed E-state index contributed by atoms with van der Waals surface area (Å²) < 4.78 is 0. The van der Waals surface area contributed by atoms with Crippen LogP contribution >= 0.6 is 34.5 Å². The van der Waals surface area contributed by atoms with Crippen LogP contribution in [0, 0.1) is 12.3 Å². The van der Waals surface area contributed by atoms with Gasteiger partial charge in [0.25, 0.3) is 0 Å². The second-order valence-corrected chi connectivity index (χ2v) is 5.55. The van der Waals surface area contributed by atoms with Crippen LogP contribution in [0.25, 0.3) is 0 Å². The van der Waals surface area contributed by atoms with Crippen molar-refractivity contribution in [2.24, 2.45) is 5.41 Å². The van der Waals surface area contributed by atoms with Crippen molar-refractivity contribution in [1.82, 2.24) is 4.98 Å². The van der Waals surface area contributed by atoms with Crippen LogP contribution in [0.1, 0.15) is 30.5 Å². The maximum absolute atomic E-state index is 6.05. The number of halogens is 2. The summed E-state index contributed by atoms with van der Waals surface area (Å²) in [4.78, 5) is 4.47. The van der Waals surface area contributed by atoms with Crippen LogP contribution in [0.5, 0.6) is 0 Å². The van der Waals surface area contributed by atoms with Crippen molar-refractivity contribution in [3.63, 3.8) is 0 Å². The van der Waals surface area contributed by atoms with E-state index in [2.05, 4.69) is 17.3 Å². The highest BCUT2D eigenvalue weighted by Crippen LogP contribution is 2.32. The van der Waals surface area contributed by atoms with Crippen molar-refractivity contribution in [3.05, 3.63) is 16.1 Å². The zero-order valence-electron chi connectivity index (χ0n) is 9.22. The van der Waals surface area contributed by atoms with E-state index in [1.54, 1.807) is 11.3 Å². The van der Waals surface area contributed by atoms with Gasteiger partial charge in [-0.2, -0.15) is 0 Å². The summed E-state index contributed by atoms with van der Waals surface area (Å²) in [5, 5.41) is 3.23. The molecule has 0 bridgehead atoms. The van der Waals surface area contributed by atoms with Crippen molar-refractivity contribution < 1.29 is 0 Å². The molecule has 0 N–H and O–H groups in total. The Morgan fingerprint density at radius 2 is 2.07 bits per heavy atom. The van der Waals surface area contributed by atoms with Crippen LogP contribution < -0.4 is 0 Å². The van der Waals surface area contributed by atoms with E-state index in [1.165, 1.54) is 0 Å². The van der Waals surface area contributed by atoms with Gasteiger partial charge >= 0.3 is 0 Å². The lowest BCUT2D eigenvalue weighted by molar-refractivity contribution is 0.340. The smallest absolute Gasteiger partial charge is 0.0934 e. The summed E-state index contributed by atoms with van der Waals surface area (Å²) in [6.45, 7) is 4.18. The van der Waals surface area contributed by atoms with Gasteiger partial charge in [-0.25, -0.2) is 4.98 Å². The fourth-order valence-electron chi connectivity index (χ4n) is 1.69. The predicted molar refractivity (Wildman–Crippen MR) is 69.3 cm³/mol. The highest BCUT2D eigenvalue weighted by Gasteiger charge is 2.28. The normalized spacial score (nSPS) is 12.0. The first-order valence-corrected chi connectivity index (χ1v) is 7.13. The third-order valence-corrected chi connectivity index (χ3v) is 4.64. The summed E-state index contributed by atoms with van der Waals surface area (Å²) in [6.07, 6.45) is 3.09. The molecular formula is C11H17Cl2NS. The molecule has 1 heterocycles. The highest BCUT2D eigenvalue weighted by molar-refractivity contribution is 7.09. The van der Waals surface area contributed by atoms with E-state index in [1.807, 2.05) is 6.92 Å². The van der Waals surface area contributed by atoms with Crippen LogP contribution in [0.3, 0.4) is 0 Å². The molecule has 1 aromatic rings. The Hall–Kier alpha value is 0.210. The summed E-state index contributed by atoms with van der Waals surface area (Å²) in [5.41, 5.74) is 1.12. The average molecular weight is 266 g/mol. The molecule has 0 amide bonds. The summed E-state index contributed by atoms with van der Waals surface area (Å²) in [6, 6.07) is 0. The predicted octanol–water partition coefficient (Wildman–Crippen LogP) is 4.26. The number of alkyl halides is 2. The molecule has 0 unspecified atom stereocenters. The minimum atomic E-state index is 0.0299. The Kier molecular flexibility index (Phi) is 5.37. The molecule has 0 aliphatic carbocycles. The molecule has 1 aromatic heterocycles. The highest BCUT2D eigenvalue weighted by atomic mass is 35.5. The van der Waals surface area contributed by atoms with Gasteiger partial charge < -0.3 is 0 Å². The molecule has 0 spiro atoms. The van der Waals surface area contributed by atoms with E-state index in [9.17, 15) is 0 Å². The lowest BCUT2D eigenvalue weighted by atomic mass is 9.84. The van der Waals surface area contributed by atoms with Crippen molar-refractivity contribution >= 4 is 34.5 Å². The van der Waals surface area contributed by atoms with Crippen LogP contribution in [-0.4, -0.2) is 16.7 Å². The first kappa shape index (κ1) is 13.3. The maximum Gasteiger partial charge on any atom is 0.0934 e. The van der Waals surface area contributed by atoms with Crippen LogP contribution in [0.4, 0.5) is 0 Å². The number of aromatic nitrogens is 1. The molecule has 0 saturated heterocycles. The molecule has 0 saturated carbocycles. The molecule has 1 rings (SSSR count). The molecule has 0 atom stereocenters. The van der Waals surface area contributed by atoms with Gasteiger partial charge in [-0.15, -0.1) is 34.5 Å². The number of hydrogen-bond donors (Lipinski definition) is 0. The molecule has 0 aromatic carbocycles. The Balaban J connectivity index is 2.73. The third kappa shape index (κ3) is 3.61. The fraction of sp³-hybridized carbons (Fsp3) is 0.727. The van der Waals surface area contributed by atoms with E-state index in [4.69, 9.17) is 23.2 Å². The largest absolute Gasteiger partial charge is 0.247 e. The minimum Gasteiger partial charge on any atom is -0.247 e. The Labute approximate surface area is 106 Å². The molecule has 0 aliphatic heterocycles. The van der Waals surface area contributed by atoms with Gasteiger partial charge in [0.05, 0.1) is 5.01 Å². The molecule has 0 fully saturated rings. The van der Waals surface area contributed by atoms with Crippen molar-refractivity contribution in [2.45, 2.75) is 33.1 Å². The summed E-state index contributed by atoms with van der Waals surface area (Å²) in [5.74, 6) is 1.23. The van der Waals surface area contributed by atoms with E-state index in [-0.39, 0.29) is 5.41 Å². The zero-order chi connectivity index (χ0) is 11.3. The van der Waals surface area contributed by atoms with E-state index >= 15 is 0 Å². The topological polar surface area (TPSA) is 12.9 Å². The molecule has 86 valence electrons. The van der Waals surface area contributed by atoms with E-state index < -0.39 is 0 Å². The molecule has 0 aliphatic rings. The Morgan fingerprint density at radius 1 is 1.40 bits per heavy atom. The second-order valence-electron chi connectivity index (χ2n) is 4.08. The monoisotopic (exact) mass is 265 g/mol. The van der Waals surface area contributed by atoms with Gasteiger partial charge in [0.15, 0.2) is 0 Å². The standard InChI is InChI=1S/C11H17Cl2NS/c1-3-4-11(7-12,8-13)5-10-14-9(2)6-15-10/h6H,3-5,7-8H2,1-2H3. The van der Waals surface area contributed by atoms with Crippen molar-refractivity contribution in [1.29, 1.82) is 0 Å². The molecule has 0 radical (unpaired) electrons. The average Bonchev–Trinajstić information content (AvgIpc) is 2.63. The minimum absolute atomic E-state index is 0.0299. The van der Waals surface area contributed by atoms with E-state index in [0.717, 1.165) is 30.0 Å². The molecule has 4 heteroatoms. The number of hydrogen-bond acceptors (Lipinski definition) is 2. The van der Waals surface area contributed by atoms with Gasteiger partial charge in [-0.1, -0.05) is 13.3 Å². The second kappa shape index (κ2) is 6.07. The number of aryl methyl sites for hydroxylation is 1. The third-order valence-electron chi connectivity index (χ3n) is 2.54. The van der Waals surface area contributed by atoms with Crippen LogP contribution in [-0.2, 0) is 6.42 Å². The zero-order valence-corrected chi connectivity index (χ0v) is 11.6. The van der Waals surface area contributed by atoms with Gasteiger partial charge in [0, 0.05) is 34.7 Å². The number of rotatable bonds is 6. The maximum atomic E-state index is 6.05. The molecule has 15 heavy (non-hydrogen) atoms. The summed E-state index contributed by atoms with van der Waals surface area (Å²) in [7, 11) is 0. The first-order valence-electron chi connectivity index (χ1n) is 5.19. The van der Waals surface area contributed by atoms with Crippen LogP contribution in [0.15, 0.2) is 5.38 Å². The molecular weight excluding hydrogens is 249 g/mol. The first-order chi connectivity index (χ1) is 7.15. The van der Waals surface area contributed by atoms with Gasteiger partial charge in [0.2, 0.25) is 0 Å². The molecule has 1 nitrogen and oxygen atoms in total.